The van der Waals surface area contributed by atoms with E-state index in [0.717, 1.165) is 132 Å². The Balaban J connectivity index is 0.000000324. The van der Waals surface area contributed by atoms with E-state index in [0.29, 0.717) is 84.9 Å². The highest BCUT2D eigenvalue weighted by molar-refractivity contribution is 5.75. The summed E-state index contributed by atoms with van der Waals surface area (Å²) in [5.41, 5.74) is 12.2. The first kappa shape index (κ1) is 90.6. The molecule has 15 atom stereocenters. The summed E-state index contributed by atoms with van der Waals surface area (Å²) >= 11 is 0. The normalized spacial score (nSPS) is 35.7. The topological polar surface area (TPSA) is 173 Å². The summed E-state index contributed by atoms with van der Waals surface area (Å²) in [5, 5.41) is 62.9. The Bertz CT molecular complexity index is 2950. The first-order valence-corrected chi connectivity index (χ1v) is 40.5. The molecule has 3 saturated carbocycles. The summed E-state index contributed by atoms with van der Waals surface area (Å²) in [4.78, 5) is 34.8. The third kappa shape index (κ3) is 21.7. The molecule has 0 radical (unpaired) electrons. The second-order valence-corrected chi connectivity index (χ2v) is 37.2. The molecule has 0 unspecified atom stereocenters. The number of hydrogen-bond donors (Lipinski definition) is 6. The fourth-order valence-corrected chi connectivity index (χ4v) is 20.0. The van der Waals surface area contributed by atoms with Gasteiger partial charge in [0.05, 0.1) is 16.8 Å². The fourth-order valence-electron chi connectivity index (χ4n) is 20.0. The van der Waals surface area contributed by atoms with Gasteiger partial charge in [0.15, 0.2) is 0 Å². The molecule has 0 saturated heterocycles. The number of rotatable bonds is 29. The predicted octanol–water partition coefficient (Wildman–Crippen LogP) is 22.5. The zero-order valence-corrected chi connectivity index (χ0v) is 69.8. The molecule has 0 bridgehead atoms. The lowest BCUT2D eigenvalue weighted by Crippen LogP contribution is -2.52. The average Bonchev–Trinajstić information content (AvgIpc) is 0.757. The molecule has 0 aromatic rings. The lowest BCUT2D eigenvalue weighted by atomic mass is 9.54. The smallest absolute Gasteiger partial charge is 0.145 e. The number of hydrogen-bond acceptors (Lipinski definition) is 9. The minimum atomic E-state index is -0.804. The van der Waals surface area contributed by atoms with Crippen LogP contribution in [0, 0.1) is 85.8 Å². The Kier molecular flexibility index (Phi) is 34.5. The van der Waals surface area contributed by atoms with Crippen molar-refractivity contribution < 1.29 is 45.0 Å². The van der Waals surface area contributed by atoms with Crippen LogP contribution in [0.3, 0.4) is 0 Å². The van der Waals surface area contributed by atoms with Crippen molar-refractivity contribution >= 4 is 18.9 Å². The Morgan fingerprint density at radius 2 is 0.716 bits per heavy atom. The van der Waals surface area contributed by atoms with Gasteiger partial charge < -0.3 is 30.6 Å². The van der Waals surface area contributed by atoms with Crippen molar-refractivity contribution in [3.8, 4) is 0 Å². The molecule has 6 aliphatic carbocycles. The third-order valence-electron chi connectivity index (χ3n) is 29.9. The van der Waals surface area contributed by atoms with Crippen molar-refractivity contribution in [1.29, 1.82) is 0 Å². The summed E-state index contributed by atoms with van der Waals surface area (Å²) in [6.45, 7) is 53.8. The molecule has 0 aromatic heterocycles. The van der Waals surface area contributed by atoms with Crippen LogP contribution in [0.2, 0.25) is 0 Å². The number of aliphatic hydroxyl groups is 6. The second kappa shape index (κ2) is 38.8. The highest BCUT2D eigenvalue weighted by Gasteiger charge is 2.55. The van der Waals surface area contributed by atoms with Gasteiger partial charge in [0.1, 0.15) is 18.9 Å². The summed E-state index contributed by atoms with van der Waals surface area (Å²) in [7, 11) is 0. The van der Waals surface area contributed by atoms with Gasteiger partial charge in [0, 0.05) is 42.0 Å². The highest BCUT2D eigenvalue weighted by atomic mass is 16.3. The molecule has 9 nitrogen and oxygen atoms in total. The number of aldehydes is 3. The van der Waals surface area contributed by atoms with Crippen LogP contribution in [0.1, 0.15) is 327 Å². The summed E-state index contributed by atoms with van der Waals surface area (Å²) in [6.07, 6.45) is 44.3. The van der Waals surface area contributed by atoms with E-state index in [-0.39, 0.29) is 59.2 Å². The molecule has 0 aromatic carbocycles. The van der Waals surface area contributed by atoms with E-state index in [1.807, 2.05) is 41.5 Å². The molecule has 9 heteroatoms. The van der Waals surface area contributed by atoms with Gasteiger partial charge in [-0.1, -0.05) is 182 Å². The summed E-state index contributed by atoms with van der Waals surface area (Å²) in [5.74, 6) is 4.18. The standard InChI is InChI=1S/2C31H52O3.C31H50O3/c3*1-22(13-16-27-23(2)14-15-25(4)29(27,5)6)11-9-18-30(7)28(12-10-20-32)26(24(3)21-33)17-19-31(30,8)34/h2*11,14,21,25,27-28,32,34H,9-10,12-13,15-20H2,1-8H3;11,13-14,16,21,25,27-28,32,34H,9-10,12,15,17-20H2,1-8H3/b22-11+,26-24+;22-11+,26-24-;16-13+,22-11+,26-24-/t3*25-,27+,28+,30-,31-/m000/s1. The van der Waals surface area contributed by atoms with Gasteiger partial charge in [0.2, 0.25) is 0 Å². The monoisotopic (exact) mass is 1420 g/mol. The molecular weight excluding hydrogens is 1260 g/mol. The van der Waals surface area contributed by atoms with E-state index >= 15 is 0 Å². The van der Waals surface area contributed by atoms with Gasteiger partial charge in [-0.2, -0.15) is 0 Å². The van der Waals surface area contributed by atoms with Crippen molar-refractivity contribution in [3.63, 3.8) is 0 Å². The van der Waals surface area contributed by atoms with Gasteiger partial charge in [0.25, 0.3) is 0 Å². The third-order valence-corrected chi connectivity index (χ3v) is 29.9. The van der Waals surface area contributed by atoms with Gasteiger partial charge in [-0.25, -0.2) is 0 Å². The zero-order valence-electron chi connectivity index (χ0n) is 69.8. The number of aliphatic hydroxyl groups excluding tert-OH is 3. The number of carbonyl (C=O) groups excluding carboxylic acids is 3. The van der Waals surface area contributed by atoms with Gasteiger partial charge in [-0.3, -0.25) is 14.4 Å². The first-order valence-electron chi connectivity index (χ1n) is 40.5. The van der Waals surface area contributed by atoms with E-state index in [1.165, 1.54) is 64.7 Å². The van der Waals surface area contributed by atoms with E-state index < -0.39 is 16.8 Å². The minimum Gasteiger partial charge on any atom is -0.396 e. The van der Waals surface area contributed by atoms with Crippen LogP contribution >= 0.6 is 0 Å². The molecule has 0 amide bonds. The van der Waals surface area contributed by atoms with E-state index in [1.54, 1.807) is 11.1 Å². The van der Waals surface area contributed by atoms with E-state index in [9.17, 15) is 45.0 Å². The maximum Gasteiger partial charge on any atom is 0.145 e. The van der Waals surface area contributed by atoms with Crippen molar-refractivity contribution in [2.24, 2.45) is 85.8 Å². The Morgan fingerprint density at radius 3 is 1.02 bits per heavy atom. The van der Waals surface area contributed by atoms with Gasteiger partial charge in [-0.15, -0.1) is 0 Å². The van der Waals surface area contributed by atoms with Crippen molar-refractivity contribution in [3.05, 3.63) is 115 Å². The van der Waals surface area contributed by atoms with Crippen LogP contribution in [0.4, 0.5) is 0 Å². The molecular formula is C93H154O9. The SMILES string of the molecule is CC1=CC[C@H](C)C(C)(C)[C@@H]1/C=C/C(C)=C/CC[C@@]1(C)[C@H](CCCO)/C(=C(/C)C=O)CC[C@]1(C)O.CC1=CC[C@H](C)C(C)(C)[C@@H]1CC/C(C)=C/CC[C@@]1(C)[C@H](CCCO)/C(=C(/C)C=O)CC[C@]1(C)O.CC1=CC[C@H](C)C(C)(C)[C@@H]1CC/C(C)=C/CC[C@@]1(C)[C@H](CCCO)/C(=C(\C)C=O)CC[C@]1(C)O. The molecule has 3 fully saturated rings. The molecule has 6 N–H and O–H groups in total. The highest BCUT2D eigenvalue weighted by Crippen LogP contribution is 2.59. The zero-order chi connectivity index (χ0) is 77.2. The van der Waals surface area contributed by atoms with Gasteiger partial charge >= 0.3 is 0 Å². The molecule has 0 aliphatic heterocycles. The molecule has 6 rings (SSSR count). The average molecular weight is 1420 g/mol. The number of carbonyl (C=O) groups is 3. The van der Waals surface area contributed by atoms with Crippen LogP contribution in [0.25, 0.3) is 0 Å². The lowest BCUT2D eigenvalue weighted by molar-refractivity contribution is -0.115. The van der Waals surface area contributed by atoms with Crippen molar-refractivity contribution in [2.45, 2.75) is 343 Å². The Morgan fingerprint density at radius 1 is 0.422 bits per heavy atom. The largest absolute Gasteiger partial charge is 0.396 e. The quantitative estimate of drug-likeness (QED) is 0.0184. The van der Waals surface area contributed by atoms with Crippen LogP contribution in [0.15, 0.2) is 115 Å². The van der Waals surface area contributed by atoms with Gasteiger partial charge in [-0.05, 0) is 324 Å². The van der Waals surface area contributed by atoms with E-state index in [4.69, 9.17) is 0 Å². The predicted molar refractivity (Wildman–Crippen MR) is 431 cm³/mol. The fraction of sp³-hybridized carbons (Fsp3) is 0.753. The van der Waals surface area contributed by atoms with Crippen LogP contribution < -0.4 is 0 Å². The first-order chi connectivity index (χ1) is 47.4. The molecule has 0 spiro atoms. The summed E-state index contributed by atoms with van der Waals surface area (Å²) < 4.78 is 0. The number of allylic oxidation sites excluding steroid dienone is 20. The molecule has 102 heavy (non-hydrogen) atoms. The van der Waals surface area contributed by atoms with Crippen molar-refractivity contribution in [2.75, 3.05) is 19.8 Å². The maximum absolute atomic E-state index is 11.6. The maximum atomic E-state index is 11.6. The molecule has 0 heterocycles. The van der Waals surface area contributed by atoms with Crippen molar-refractivity contribution in [1.82, 2.24) is 0 Å². The van der Waals surface area contributed by atoms with Crippen LogP contribution in [-0.2, 0) is 14.4 Å². The second-order valence-electron chi connectivity index (χ2n) is 37.2. The Labute approximate surface area is 625 Å². The molecule has 6 aliphatic rings. The lowest BCUT2D eigenvalue weighted by Gasteiger charge is -2.53. The van der Waals surface area contributed by atoms with Crippen LogP contribution in [-0.4, -0.2) is 86.1 Å². The Hall–Kier alpha value is -3.83. The van der Waals surface area contributed by atoms with Crippen LogP contribution in [0.5, 0.6) is 0 Å². The van der Waals surface area contributed by atoms with E-state index in [2.05, 4.69) is 173 Å². The summed E-state index contributed by atoms with van der Waals surface area (Å²) in [6, 6.07) is 0. The minimum absolute atomic E-state index is 0.107. The molecule has 580 valence electrons.